The van der Waals surface area contributed by atoms with Crippen LogP contribution in [0.3, 0.4) is 0 Å². The highest BCUT2D eigenvalue weighted by molar-refractivity contribution is 7.26. The Bertz CT molecular complexity index is 1300. The van der Waals surface area contributed by atoms with Crippen molar-refractivity contribution in [3.63, 3.8) is 0 Å². The molecule has 1 N–H and O–H groups in total. The predicted molar refractivity (Wildman–Crippen MR) is 128 cm³/mol. The first kappa shape index (κ1) is 19.8. The number of rotatable bonds is 4. The zero-order chi connectivity index (χ0) is 21.7. The van der Waals surface area contributed by atoms with Crippen molar-refractivity contribution in [2.75, 3.05) is 23.3 Å². The molecule has 1 fully saturated rings. The summed E-state index contributed by atoms with van der Waals surface area (Å²) in [7, 11) is 0. The molecular formula is C24H26N6OS. The summed E-state index contributed by atoms with van der Waals surface area (Å²) in [6.45, 7) is 7.69. The molecule has 0 amide bonds. The first-order valence-corrected chi connectivity index (χ1v) is 12.0. The second-order valence-corrected chi connectivity index (χ2v) is 10.2. The minimum absolute atomic E-state index is 0.203. The molecule has 2 aliphatic heterocycles. The molecule has 8 heteroatoms. The molecule has 0 saturated carbocycles. The van der Waals surface area contributed by atoms with E-state index >= 15 is 0 Å². The number of nitrogens with one attached hydrogen (secondary N) is 1. The summed E-state index contributed by atoms with van der Waals surface area (Å²) in [5, 5.41) is 4.63. The Morgan fingerprint density at radius 2 is 2.00 bits per heavy atom. The average Bonchev–Trinajstić information content (AvgIpc) is 3.45. The third-order valence-electron chi connectivity index (χ3n) is 6.38. The molecule has 2 aliphatic rings. The third kappa shape index (κ3) is 3.38. The van der Waals surface area contributed by atoms with E-state index in [2.05, 4.69) is 34.0 Å². The molecular weight excluding hydrogens is 420 g/mol. The van der Waals surface area contributed by atoms with Gasteiger partial charge in [-0.05, 0) is 44.4 Å². The summed E-state index contributed by atoms with van der Waals surface area (Å²) >= 11 is 1.68. The lowest BCUT2D eigenvalue weighted by atomic mass is 9.90. The van der Waals surface area contributed by atoms with Gasteiger partial charge in [-0.2, -0.15) is 0 Å². The Kier molecular flexibility index (Phi) is 4.73. The van der Waals surface area contributed by atoms with Crippen LogP contribution in [-0.4, -0.2) is 38.6 Å². The van der Waals surface area contributed by atoms with Crippen LogP contribution in [0.2, 0.25) is 0 Å². The molecule has 6 heterocycles. The quantitative estimate of drug-likeness (QED) is 0.487. The van der Waals surface area contributed by atoms with Crippen LogP contribution in [0.4, 0.5) is 11.6 Å². The van der Waals surface area contributed by atoms with Gasteiger partial charge in [0.1, 0.15) is 22.8 Å². The van der Waals surface area contributed by atoms with E-state index in [1.54, 1.807) is 17.7 Å². The topological polar surface area (TPSA) is 76.1 Å². The van der Waals surface area contributed by atoms with Crippen molar-refractivity contribution < 1.29 is 4.74 Å². The SMILES string of the molecule is CC1(C)Cc2c(c(N3CCCC3)nc3sc4c(NCc5ccccn5)ncnc4c23)CO1. The molecule has 32 heavy (non-hydrogen) atoms. The Morgan fingerprint density at radius 1 is 1.12 bits per heavy atom. The molecule has 1 saturated heterocycles. The largest absolute Gasteiger partial charge is 0.370 e. The van der Waals surface area contributed by atoms with Gasteiger partial charge in [0, 0.05) is 36.7 Å². The van der Waals surface area contributed by atoms with Crippen molar-refractivity contribution in [1.82, 2.24) is 19.9 Å². The summed E-state index contributed by atoms with van der Waals surface area (Å²) in [5.74, 6) is 1.94. The first-order chi connectivity index (χ1) is 15.6. The Morgan fingerprint density at radius 3 is 2.81 bits per heavy atom. The molecule has 164 valence electrons. The molecule has 0 spiro atoms. The molecule has 0 bridgehead atoms. The van der Waals surface area contributed by atoms with Crippen molar-refractivity contribution in [3.05, 3.63) is 47.5 Å². The van der Waals surface area contributed by atoms with Crippen molar-refractivity contribution in [3.8, 4) is 0 Å². The Hall–Kier alpha value is -2.84. The molecule has 7 nitrogen and oxygen atoms in total. The molecule has 4 aromatic heterocycles. The first-order valence-electron chi connectivity index (χ1n) is 11.2. The standard InChI is InChI=1S/C24H26N6OS/c1-24(2)11-16-17(13-31-24)22(30-9-5-6-10-30)29-23-18(16)19-20(32-23)21(28-14-27-19)26-12-15-7-3-4-8-25-15/h3-4,7-8,14H,5-6,9-13H2,1-2H3,(H,26,27,28). The molecule has 0 unspecified atom stereocenters. The highest BCUT2D eigenvalue weighted by Crippen LogP contribution is 2.44. The average molecular weight is 447 g/mol. The molecule has 0 aromatic carbocycles. The van der Waals surface area contributed by atoms with Gasteiger partial charge in [0.05, 0.1) is 34.7 Å². The van der Waals surface area contributed by atoms with Crippen LogP contribution in [0, 0.1) is 0 Å². The maximum atomic E-state index is 6.23. The van der Waals surface area contributed by atoms with E-state index in [0.29, 0.717) is 13.2 Å². The number of nitrogens with zero attached hydrogens (tertiary/aromatic N) is 5. The van der Waals surface area contributed by atoms with Gasteiger partial charge in [-0.1, -0.05) is 6.07 Å². The molecule has 4 aromatic rings. The van der Waals surface area contributed by atoms with Crippen molar-refractivity contribution in [1.29, 1.82) is 0 Å². The number of aromatic nitrogens is 4. The van der Waals surface area contributed by atoms with Crippen molar-refractivity contribution in [2.24, 2.45) is 0 Å². The minimum atomic E-state index is -0.203. The van der Waals surface area contributed by atoms with Crippen LogP contribution in [0.1, 0.15) is 43.5 Å². The number of pyridine rings is 2. The van der Waals surface area contributed by atoms with E-state index in [-0.39, 0.29) is 5.60 Å². The lowest BCUT2D eigenvalue weighted by Gasteiger charge is -2.34. The van der Waals surface area contributed by atoms with Gasteiger partial charge < -0.3 is 15.0 Å². The van der Waals surface area contributed by atoms with Gasteiger partial charge in [0.25, 0.3) is 0 Å². The number of hydrogen-bond donors (Lipinski definition) is 1. The van der Waals surface area contributed by atoms with Crippen LogP contribution < -0.4 is 10.2 Å². The lowest BCUT2D eigenvalue weighted by Crippen LogP contribution is -2.33. The van der Waals surface area contributed by atoms with Crippen LogP contribution in [0.15, 0.2) is 30.7 Å². The van der Waals surface area contributed by atoms with Gasteiger partial charge >= 0.3 is 0 Å². The molecule has 0 radical (unpaired) electrons. The number of thiophene rings is 1. The molecule has 0 atom stereocenters. The second-order valence-electron chi connectivity index (χ2n) is 9.17. The summed E-state index contributed by atoms with van der Waals surface area (Å²) in [4.78, 5) is 22.3. The Balaban J connectivity index is 1.51. The van der Waals surface area contributed by atoms with Crippen LogP contribution in [0.5, 0.6) is 0 Å². The fourth-order valence-corrected chi connectivity index (χ4v) is 5.90. The zero-order valence-corrected chi connectivity index (χ0v) is 19.2. The van der Waals surface area contributed by atoms with Crippen molar-refractivity contribution in [2.45, 2.75) is 51.9 Å². The third-order valence-corrected chi connectivity index (χ3v) is 7.45. The summed E-state index contributed by atoms with van der Waals surface area (Å²) < 4.78 is 7.28. The van der Waals surface area contributed by atoms with Crippen LogP contribution in [-0.2, 0) is 24.3 Å². The van der Waals surface area contributed by atoms with Gasteiger partial charge in [0.15, 0.2) is 0 Å². The fraction of sp³-hybridized carbons (Fsp3) is 0.417. The van der Waals surface area contributed by atoms with Crippen molar-refractivity contribution >= 4 is 43.4 Å². The van der Waals surface area contributed by atoms with Gasteiger partial charge in [-0.3, -0.25) is 4.98 Å². The van der Waals surface area contributed by atoms with Gasteiger partial charge in [-0.15, -0.1) is 11.3 Å². The maximum Gasteiger partial charge on any atom is 0.147 e. The smallest absolute Gasteiger partial charge is 0.147 e. The summed E-state index contributed by atoms with van der Waals surface area (Å²) in [6.07, 6.45) is 6.77. The number of anilines is 2. The van der Waals surface area contributed by atoms with Crippen LogP contribution in [0.25, 0.3) is 20.4 Å². The monoisotopic (exact) mass is 446 g/mol. The van der Waals surface area contributed by atoms with E-state index in [4.69, 9.17) is 14.7 Å². The lowest BCUT2D eigenvalue weighted by molar-refractivity contribution is -0.0395. The minimum Gasteiger partial charge on any atom is -0.370 e. The molecule has 0 aliphatic carbocycles. The van der Waals surface area contributed by atoms with Gasteiger partial charge in [-0.25, -0.2) is 15.0 Å². The fourth-order valence-electron chi connectivity index (χ4n) is 4.78. The van der Waals surface area contributed by atoms with E-state index in [1.807, 2.05) is 24.4 Å². The number of fused-ring (bicyclic) bond motifs is 5. The molecule has 6 rings (SSSR count). The Labute approximate surface area is 190 Å². The second kappa shape index (κ2) is 7.64. The highest BCUT2D eigenvalue weighted by Gasteiger charge is 2.33. The normalized spacial score (nSPS) is 17.8. The van der Waals surface area contributed by atoms with E-state index in [9.17, 15) is 0 Å². The van der Waals surface area contributed by atoms with E-state index < -0.39 is 0 Å². The number of hydrogen-bond acceptors (Lipinski definition) is 8. The number of ether oxygens (including phenoxy) is 1. The summed E-state index contributed by atoms with van der Waals surface area (Å²) in [6, 6.07) is 5.94. The van der Waals surface area contributed by atoms with Crippen LogP contribution >= 0.6 is 11.3 Å². The highest BCUT2D eigenvalue weighted by atomic mass is 32.1. The maximum absolute atomic E-state index is 6.23. The van der Waals surface area contributed by atoms with E-state index in [1.165, 1.54) is 29.4 Å². The zero-order valence-electron chi connectivity index (χ0n) is 18.4. The summed E-state index contributed by atoms with van der Waals surface area (Å²) in [5.41, 5.74) is 4.34. The predicted octanol–water partition coefficient (Wildman–Crippen LogP) is 4.70. The van der Waals surface area contributed by atoms with E-state index in [0.717, 1.165) is 51.9 Å². The van der Waals surface area contributed by atoms with Gasteiger partial charge in [0.2, 0.25) is 0 Å².